The minimum atomic E-state index is -0.876. The Labute approximate surface area is 163 Å². The topological polar surface area (TPSA) is 83.1 Å². The van der Waals surface area contributed by atoms with E-state index in [0.717, 1.165) is 16.9 Å². The van der Waals surface area contributed by atoms with Crippen LogP contribution < -0.4 is 19.5 Å². The van der Waals surface area contributed by atoms with Gasteiger partial charge in [-0.2, -0.15) is 0 Å². The molecular formula is C21H23NO6. The number of hydrogen-bond donors (Lipinski definition) is 1. The molecule has 0 spiro atoms. The standard InChI is InChI=1S/C21H23NO6/c1-14(28-20(23)10-8-16-5-3-4-6-17(16)25-2)21(24)22-12-15-7-9-18-19(11-15)27-13-26-18/h3-7,9,11,14H,8,10,12-13H2,1-2H3,(H,22,24)/t14-/m0/s1. The lowest BCUT2D eigenvalue weighted by Crippen LogP contribution is -2.35. The van der Waals surface area contributed by atoms with Gasteiger partial charge in [-0.3, -0.25) is 9.59 Å². The van der Waals surface area contributed by atoms with Crippen molar-refractivity contribution in [2.24, 2.45) is 0 Å². The van der Waals surface area contributed by atoms with Gasteiger partial charge in [0.05, 0.1) is 7.11 Å². The number of amides is 1. The molecule has 28 heavy (non-hydrogen) atoms. The molecule has 0 fully saturated rings. The second-order valence-electron chi connectivity index (χ2n) is 6.35. The predicted octanol–water partition coefficient (Wildman–Crippen LogP) is 2.60. The summed E-state index contributed by atoms with van der Waals surface area (Å²) >= 11 is 0. The molecule has 0 aliphatic carbocycles. The van der Waals surface area contributed by atoms with Gasteiger partial charge in [-0.15, -0.1) is 0 Å². The van der Waals surface area contributed by atoms with E-state index in [0.29, 0.717) is 24.5 Å². The third kappa shape index (κ3) is 4.94. The molecule has 0 unspecified atom stereocenters. The maximum Gasteiger partial charge on any atom is 0.306 e. The Morgan fingerprint density at radius 2 is 1.93 bits per heavy atom. The van der Waals surface area contributed by atoms with Gasteiger partial charge in [0, 0.05) is 13.0 Å². The first-order valence-electron chi connectivity index (χ1n) is 9.04. The molecule has 0 saturated carbocycles. The van der Waals surface area contributed by atoms with Crippen molar-refractivity contribution in [1.82, 2.24) is 5.32 Å². The largest absolute Gasteiger partial charge is 0.496 e. The number of carbonyl (C=O) groups is 2. The SMILES string of the molecule is COc1ccccc1CCC(=O)O[C@@H](C)C(=O)NCc1ccc2c(c1)OCO2. The Kier molecular flexibility index (Phi) is 6.37. The molecule has 0 bridgehead atoms. The average Bonchev–Trinajstić information content (AvgIpc) is 3.18. The third-order valence-electron chi connectivity index (χ3n) is 4.37. The van der Waals surface area contributed by atoms with Crippen molar-refractivity contribution in [2.45, 2.75) is 32.4 Å². The fraction of sp³-hybridized carbons (Fsp3) is 0.333. The Morgan fingerprint density at radius 3 is 2.75 bits per heavy atom. The minimum absolute atomic E-state index is 0.167. The average molecular weight is 385 g/mol. The summed E-state index contributed by atoms with van der Waals surface area (Å²) < 4.78 is 21.1. The van der Waals surface area contributed by atoms with E-state index in [1.165, 1.54) is 0 Å². The van der Waals surface area contributed by atoms with Crippen molar-refractivity contribution < 1.29 is 28.5 Å². The van der Waals surface area contributed by atoms with E-state index >= 15 is 0 Å². The molecule has 148 valence electrons. The van der Waals surface area contributed by atoms with Crippen molar-refractivity contribution in [3.8, 4) is 17.2 Å². The van der Waals surface area contributed by atoms with Gasteiger partial charge in [0.1, 0.15) is 5.75 Å². The van der Waals surface area contributed by atoms with Gasteiger partial charge in [0.2, 0.25) is 6.79 Å². The van der Waals surface area contributed by atoms with E-state index in [9.17, 15) is 9.59 Å². The number of fused-ring (bicyclic) bond motifs is 1. The lowest BCUT2D eigenvalue weighted by atomic mass is 10.1. The molecule has 7 nitrogen and oxygen atoms in total. The van der Waals surface area contributed by atoms with Gasteiger partial charge in [-0.05, 0) is 42.7 Å². The summed E-state index contributed by atoms with van der Waals surface area (Å²) in [5.74, 6) is 1.28. The second kappa shape index (κ2) is 9.12. The fourth-order valence-corrected chi connectivity index (χ4v) is 2.84. The predicted molar refractivity (Wildman–Crippen MR) is 101 cm³/mol. The molecule has 1 heterocycles. The van der Waals surface area contributed by atoms with E-state index in [1.54, 1.807) is 20.1 Å². The van der Waals surface area contributed by atoms with Crippen LogP contribution in [0.25, 0.3) is 0 Å². The van der Waals surface area contributed by atoms with Gasteiger partial charge < -0.3 is 24.3 Å². The highest BCUT2D eigenvalue weighted by Gasteiger charge is 2.19. The zero-order chi connectivity index (χ0) is 19.9. The monoisotopic (exact) mass is 385 g/mol. The number of ether oxygens (including phenoxy) is 4. The molecule has 7 heteroatoms. The molecule has 1 aliphatic rings. The van der Waals surface area contributed by atoms with Crippen LogP contribution in [0.2, 0.25) is 0 Å². The number of aryl methyl sites for hydroxylation is 1. The number of rotatable bonds is 8. The van der Waals surface area contributed by atoms with Gasteiger partial charge in [0.25, 0.3) is 5.91 Å². The third-order valence-corrected chi connectivity index (χ3v) is 4.37. The molecule has 2 aromatic carbocycles. The van der Waals surface area contributed by atoms with Crippen LogP contribution in [-0.2, 0) is 27.3 Å². The summed E-state index contributed by atoms with van der Waals surface area (Å²) in [5, 5.41) is 2.75. The number of benzene rings is 2. The molecule has 1 aliphatic heterocycles. The quantitative estimate of drug-likeness (QED) is 0.704. The van der Waals surface area contributed by atoms with E-state index in [2.05, 4.69) is 5.32 Å². The number of nitrogens with one attached hydrogen (secondary N) is 1. The van der Waals surface area contributed by atoms with Crippen LogP contribution in [0.4, 0.5) is 0 Å². The normalized spacial score (nSPS) is 12.9. The summed E-state index contributed by atoms with van der Waals surface area (Å²) in [6, 6.07) is 12.9. The Balaban J connectivity index is 1.44. The molecule has 1 amide bonds. The number of carbonyl (C=O) groups excluding carboxylic acids is 2. The van der Waals surface area contributed by atoms with E-state index in [4.69, 9.17) is 18.9 Å². The van der Waals surface area contributed by atoms with Crippen molar-refractivity contribution in [3.63, 3.8) is 0 Å². The zero-order valence-corrected chi connectivity index (χ0v) is 15.9. The highest BCUT2D eigenvalue weighted by atomic mass is 16.7. The maximum absolute atomic E-state index is 12.2. The molecule has 0 aromatic heterocycles. The van der Waals surface area contributed by atoms with Crippen LogP contribution in [-0.4, -0.2) is 31.9 Å². The highest BCUT2D eigenvalue weighted by molar-refractivity contribution is 5.83. The fourth-order valence-electron chi connectivity index (χ4n) is 2.84. The van der Waals surface area contributed by atoms with Gasteiger partial charge in [-0.1, -0.05) is 24.3 Å². The van der Waals surface area contributed by atoms with Crippen molar-refractivity contribution in [1.29, 1.82) is 0 Å². The Hall–Kier alpha value is -3.22. The lowest BCUT2D eigenvalue weighted by Gasteiger charge is -2.14. The first-order chi connectivity index (χ1) is 13.6. The second-order valence-corrected chi connectivity index (χ2v) is 6.35. The van der Waals surface area contributed by atoms with Crippen LogP contribution in [0.5, 0.6) is 17.2 Å². The number of hydrogen-bond acceptors (Lipinski definition) is 6. The number of esters is 1. The molecule has 0 radical (unpaired) electrons. The number of methoxy groups -OCH3 is 1. The lowest BCUT2D eigenvalue weighted by molar-refractivity contribution is -0.154. The maximum atomic E-state index is 12.2. The van der Waals surface area contributed by atoms with Crippen molar-refractivity contribution in [2.75, 3.05) is 13.9 Å². The molecule has 1 atom stereocenters. The van der Waals surface area contributed by atoms with Crippen LogP contribution >= 0.6 is 0 Å². The van der Waals surface area contributed by atoms with Crippen LogP contribution in [0.1, 0.15) is 24.5 Å². The summed E-state index contributed by atoms with van der Waals surface area (Å²) in [6.45, 7) is 2.06. The first kappa shape index (κ1) is 19.5. The summed E-state index contributed by atoms with van der Waals surface area (Å²) in [4.78, 5) is 24.3. The molecule has 2 aromatic rings. The molecule has 0 saturated heterocycles. The zero-order valence-electron chi connectivity index (χ0n) is 15.9. The first-order valence-corrected chi connectivity index (χ1v) is 9.04. The smallest absolute Gasteiger partial charge is 0.306 e. The van der Waals surface area contributed by atoms with Crippen LogP contribution in [0.15, 0.2) is 42.5 Å². The summed E-state index contributed by atoms with van der Waals surface area (Å²) in [6.07, 6.45) is -0.228. The van der Waals surface area contributed by atoms with E-state index in [1.807, 2.05) is 36.4 Å². The van der Waals surface area contributed by atoms with Crippen molar-refractivity contribution >= 4 is 11.9 Å². The van der Waals surface area contributed by atoms with E-state index in [-0.39, 0.29) is 19.1 Å². The van der Waals surface area contributed by atoms with Gasteiger partial charge in [0.15, 0.2) is 17.6 Å². The van der Waals surface area contributed by atoms with Crippen molar-refractivity contribution in [3.05, 3.63) is 53.6 Å². The summed E-state index contributed by atoms with van der Waals surface area (Å²) in [7, 11) is 1.59. The Morgan fingerprint density at radius 1 is 1.14 bits per heavy atom. The highest BCUT2D eigenvalue weighted by Crippen LogP contribution is 2.32. The van der Waals surface area contributed by atoms with Crippen LogP contribution in [0, 0.1) is 0 Å². The molecule has 3 rings (SSSR count). The van der Waals surface area contributed by atoms with Gasteiger partial charge >= 0.3 is 5.97 Å². The van der Waals surface area contributed by atoms with Crippen LogP contribution in [0.3, 0.4) is 0 Å². The van der Waals surface area contributed by atoms with E-state index < -0.39 is 12.1 Å². The minimum Gasteiger partial charge on any atom is -0.496 e. The molecule has 1 N–H and O–H groups in total. The summed E-state index contributed by atoms with van der Waals surface area (Å²) in [5.41, 5.74) is 1.79. The number of para-hydroxylation sites is 1. The molecular weight excluding hydrogens is 362 g/mol. The Bertz CT molecular complexity index is 851. The van der Waals surface area contributed by atoms with Gasteiger partial charge in [-0.25, -0.2) is 0 Å².